The third-order valence-electron chi connectivity index (χ3n) is 9.02. The Morgan fingerprint density at radius 1 is 1.04 bits per heavy atom. The number of amides is 3. The van der Waals surface area contributed by atoms with Crippen molar-refractivity contribution in [2.24, 2.45) is 17.6 Å². The average molecular weight is 731 g/mol. The molecule has 15 nitrogen and oxygen atoms in total. The molecule has 0 spiro atoms. The van der Waals surface area contributed by atoms with Crippen LogP contribution < -0.4 is 16.4 Å². The van der Waals surface area contributed by atoms with E-state index >= 15 is 0 Å². The van der Waals surface area contributed by atoms with Gasteiger partial charge in [0.15, 0.2) is 11.8 Å². The Hall–Kier alpha value is -5.51. The molecule has 2 bridgehead atoms. The molecule has 0 saturated heterocycles. The molecular formula is C38H46N6O9. The van der Waals surface area contributed by atoms with Gasteiger partial charge in [-0.05, 0) is 57.2 Å². The van der Waals surface area contributed by atoms with Crippen molar-refractivity contribution in [2.45, 2.75) is 71.9 Å². The molecule has 2 heterocycles. The minimum atomic E-state index is -1.06. The van der Waals surface area contributed by atoms with Crippen LogP contribution in [0, 0.1) is 18.8 Å². The smallest absolute Gasteiger partial charge is 0.405 e. The van der Waals surface area contributed by atoms with Gasteiger partial charge in [0.25, 0.3) is 11.8 Å². The van der Waals surface area contributed by atoms with E-state index in [4.69, 9.17) is 19.9 Å². The van der Waals surface area contributed by atoms with Crippen molar-refractivity contribution in [3.05, 3.63) is 100 Å². The number of Topliss-reactive ketones (excluding diaryl/α,β-unsaturated/α-hetero) is 1. The topological polar surface area (TPSA) is 214 Å². The van der Waals surface area contributed by atoms with E-state index in [2.05, 4.69) is 20.8 Å². The fourth-order valence-electron chi connectivity index (χ4n) is 6.16. The van der Waals surface area contributed by atoms with Crippen molar-refractivity contribution in [3.8, 4) is 5.69 Å². The van der Waals surface area contributed by atoms with Gasteiger partial charge >= 0.3 is 6.09 Å². The molecule has 0 radical (unpaired) electrons. The maximum absolute atomic E-state index is 14.0. The lowest BCUT2D eigenvalue weighted by molar-refractivity contribution is -0.120. The number of aliphatic hydroxyl groups excluding tert-OH is 1. The number of ether oxygens (including phenoxy) is 3. The Labute approximate surface area is 307 Å². The summed E-state index contributed by atoms with van der Waals surface area (Å²) in [6.07, 6.45) is 2.79. The monoisotopic (exact) mass is 730 g/mol. The van der Waals surface area contributed by atoms with Gasteiger partial charge in [-0.2, -0.15) is 9.90 Å². The van der Waals surface area contributed by atoms with Gasteiger partial charge in [-0.3, -0.25) is 19.2 Å². The van der Waals surface area contributed by atoms with Crippen LogP contribution in [0.1, 0.15) is 56.7 Å². The summed E-state index contributed by atoms with van der Waals surface area (Å²) in [7, 11) is 2.86. The van der Waals surface area contributed by atoms with Crippen LogP contribution in [0.5, 0.6) is 0 Å². The molecule has 0 unspecified atom stereocenters. The number of aryl methyl sites for hydroxylation is 1. The average Bonchev–Trinajstić information content (AvgIpc) is 3.52. The molecule has 282 valence electrons. The molecule has 53 heavy (non-hydrogen) atoms. The van der Waals surface area contributed by atoms with Crippen LogP contribution in [-0.2, 0) is 28.6 Å². The van der Waals surface area contributed by atoms with Crippen LogP contribution >= 0.6 is 0 Å². The predicted octanol–water partition coefficient (Wildman–Crippen LogP) is 3.08. The highest BCUT2D eigenvalue weighted by atomic mass is 16.6. The molecule has 4 rings (SSSR count). The first-order valence-corrected chi connectivity index (χ1v) is 17.0. The van der Waals surface area contributed by atoms with Crippen LogP contribution in [-0.4, -0.2) is 88.2 Å². The molecule has 0 fully saturated rings. The van der Waals surface area contributed by atoms with Crippen molar-refractivity contribution in [2.75, 3.05) is 14.2 Å². The number of methoxy groups -OCH3 is 2. The lowest BCUT2D eigenvalue weighted by Gasteiger charge is -2.30. The summed E-state index contributed by atoms with van der Waals surface area (Å²) >= 11 is 0. The standard InChI is InChI=1S/C38H46N6O9/c1-20-16-26-32(41-37(49)31-24(5)42-44(43-31)25-13-9-8-10-14-25)28(45)19-27(34(26)47)40-36(48)21(2)12-11-15-29(51-6)35(53-38(39)50)23(4)18-22(3)33(46)30(17-20)52-7/h8-15,18-20,22,29-30,33,35,46H,16-17H2,1-7H3,(H2,39,50)(H,40,48)(H,41,49)/b15-11-,21-12-,23-18-/t20-,22+,29-,30-,33+,35-/m1/s1. The van der Waals surface area contributed by atoms with Gasteiger partial charge in [0.05, 0.1) is 35.0 Å². The summed E-state index contributed by atoms with van der Waals surface area (Å²) in [5, 5.41) is 25.2. The normalized spacial score (nSPS) is 27.5. The number of hydrogen-bond acceptors (Lipinski definition) is 11. The quantitative estimate of drug-likeness (QED) is 0.250. The number of nitrogens with zero attached hydrogens (tertiary/aromatic N) is 3. The fourth-order valence-corrected chi connectivity index (χ4v) is 6.16. The van der Waals surface area contributed by atoms with Crippen LogP contribution in [0.25, 0.3) is 5.69 Å². The molecule has 2 aromatic rings. The molecule has 5 N–H and O–H groups in total. The van der Waals surface area contributed by atoms with E-state index in [1.54, 1.807) is 57.2 Å². The number of benzene rings is 1. The summed E-state index contributed by atoms with van der Waals surface area (Å²) in [6.45, 7) is 8.39. The van der Waals surface area contributed by atoms with Crippen LogP contribution in [0.4, 0.5) is 4.79 Å². The number of ketones is 2. The number of aliphatic hydroxyl groups is 1. The van der Waals surface area contributed by atoms with E-state index in [0.29, 0.717) is 17.0 Å². The second-order valence-corrected chi connectivity index (χ2v) is 13.1. The Morgan fingerprint density at radius 3 is 2.38 bits per heavy atom. The van der Waals surface area contributed by atoms with E-state index in [-0.39, 0.29) is 41.1 Å². The Balaban J connectivity index is 1.74. The summed E-state index contributed by atoms with van der Waals surface area (Å²) in [4.78, 5) is 67.7. The van der Waals surface area contributed by atoms with Gasteiger partial charge in [-0.15, -0.1) is 5.10 Å². The number of allylic oxidation sites excluding steroid dienone is 4. The molecular weight excluding hydrogens is 684 g/mol. The summed E-state index contributed by atoms with van der Waals surface area (Å²) in [6, 6.07) is 8.95. The molecule has 15 heteroatoms. The number of carbonyl (C=O) groups is 5. The molecule has 1 aliphatic heterocycles. The zero-order valence-electron chi connectivity index (χ0n) is 30.8. The van der Waals surface area contributed by atoms with Crippen LogP contribution in [0.3, 0.4) is 0 Å². The number of nitrogens with one attached hydrogen (secondary N) is 2. The van der Waals surface area contributed by atoms with Crippen LogP contribution in [0.2, 0.25) is 0 Å². The third-order valence-corrected chi connectivity index (χ3v) is 9.02. The lowest BCUT2D eigenvalue weighted by Crippen LogP contribution is -2.38. The van der Waals surface area contributed by atoms with Gasteiger partial charge in [0.1, 0.15) is 6.10 Å². The summed E-state index contributed by atoms with van der Waals surface area (Å²) in [5.74, 6) is -3.71. The first-order chi connectivity index (χ1) is 25.1. The molecule has 6 atom stereocenters. The number of hydrogen-bond donors (Lipinski definition) is 4. The van der Waals surface area contributed by atoms with Crippen LogP contribution in [0.15, 0.2) is 88.8 Å². The predicted molar refractivity (Wildman–Crippen MR) is 193 cm³/mol. The maximum atomic E-state index is 14.0. The van der Waals surface area contributed by atoms with E-state index in [1.807, 2.05) is 13.0 Å². The Kier molecular flexibility index (Phi) is 13.5. The van der Waals surface area contributed by atoms with Gasteiger partial charge in [-0.25, -0.2) is 4.79 Å². The van der Waals surface area contributed by atoms with E-state index < -0.39 is 65.7 Å². The molecule has 1 aromatic heterocycles. The zero-order valence-corrected chi connectivity index (χ0v) is 30.8. The fraction of sp³-hybridized carbons (Fsp3) is 0.395. The number of primary amides is 1. The number of para-hydroxylation sites is 1. The first kappa shape index (κ1) is 40.3. The number of carbonyl (C=O) groups excluding carboxylic acids is 5. The largest absolute Gasteiger partial charge is 0.439 e. The van der Waals surface area contributed by atoms with Gasteiger partial charge in [0.2, 0.25) is 11.6 Å². The summed E-state index contributed by atoms with van der Waals surface area (Å²) < 4.78 is 16.7. The van der Waals surface area contributed by atoms with Gasteiger partial charge < -0.3 is 35.7 Å². The lowest BCUT2D eigenvalue weighted by atomic mass is 9.85. The molecule has 3 amide bonds. The SMILES string of the molecule is CO[C@@H]1/C=C\C=C(\C)C(=O)NC2=CC(=O)C(NC(=O)c3nn(-c4ccccc4)nc3C)=C(C[C@@H](C)C[C@@H](OC)[C@@H](O)[C@@H](C)/C=C(/C)[C@H]1OC(N)=O)C2=O. The van der Waals surface area contributed by atoms with E-state index in [1.165, 1.54) is 38.1 Å². The van der Waals surface area contributed by atoms with Crippen molar-refractivity contribution in [3.63, 3.8) is 0 Å². The second-order valence-electron chi connectivity index (χ2n) is 13.1. The highest BCUT2D eigenvalue weighted by molar-refractivity contribution is 6.24. The minimum Gasteiger partial charge on any atom is -0.439 e. The minimum absolute atomic E-state index is 0.0273. The maximum Gasteiger partial charge on any atom is 0.405 e. The third kappa shape index (κ3) is 9.88. The highest BCUT2D eigenvalue weighted by Crippen LogP contribution is 2.29. The summed E-state index contributed by atoms with van der Waals surface area (Å²) in [5.41, 5.74) is 6.37. The number of aromatic nitrogens is 3. The Bertz CT molecular complexity index is 1890. The van der Waals surface area contributed by atoms with Gasteiger partial charge in [-0.1, -0.05) is 56.4 Å². The first-order valence-electron chi connectivity index (χ1n) is 17.0. The Morgan fingerprint density at radius 2 is 1.74 bits per heavy atom. The van der Waals surface area contributed by atoms with E-state index in [9.17, 15) is 29.1 Å². The zero-order chi connectivity index (χ0) is 39.0. The number of fused-ring (bicyclic) bond motifs is 2. The van der Waals surface area contributed by atoms with Crippen molar-refractivity contribution in [1.82, 2.24) is 25.6 Å². The van der Waals surface area contributed by atoms with Crippen molar-refractivity contribution < 1.29 is 43.3 Å². The molecule has 0 saturated carbocycles. The molecule has 1 aliphatic carbocycles. The number of rotatable bonds is 6. The van der Waals surface area contributed by atoms with Crippen molar-refractivity contribution in [1.29, 1.82) is 0 Å². The number of nitrogens with two attached hydrogens (primary N) is 1. The molecule has 2 aliphatic rings. The second kappa shape index (κ2) is 17.8. The molecule has 1 aromatic carbocycles. The van der Waals surface area contributed by atoms with Gasteiger partial charge in [0, 0.05) is 37.4 Å². The highest BCUT2D eigenvalue weighted by Gasteiger charge is 2.35. The van der Waals surface area contributed by atoms with Crippen molar-refractivity contribution >= 4 is 29.5 Å². The van der Waals surface area contributed by atoms with E-state index in [0.717, 1.165) is 6.08 Å².